The van der Waals surface area contributed by atoms with Crippen molar-refractivity contribution in [3.05, 3.63) is 18.2 Å². The third-order valence-electron chi connectivity index (χ3n) is 5.39. The molecule has 0 radical (unpaired) electrons. The summed E-state index contributed by atoms with van der Waals surface area (Å²) in [6, 6.07) is 0.280. The molecule has 0 bridgehead atoms. The third kappa shape index (κ3) is 8.58. The summed E-state index contributed by atoms with van der Waals surface area (Å²) < 4.78 is 10.9. The molecular formula is C23H39N5O4S. The van der Waals surface area contributed by atoms with E-state index in [4.69, 9.17) is 9.47 Å². The van der Waals surface area contributed by atoms with Gasteiger partial charge in [0.2, 0.25) is 5.13 Å². The highest BCUT2D eigenvalue weighted by atomic mass is 32.1. The summed E-state index contributed by atoms with van der Waals surface area (Å²) in [5.41, 5.74) is 0.984. The van der Waals surface area contributed by atoms with Crippen LogP contribution in [0.4, 0.5) is 14.7 Å². The van der Waals surface area contributed by atoms with Crippen LogP contribution in [0.25, 0.3) is 0 Å². The highest BCUT2D eigenvalue weighted by Crippen LogP contribution is 2.25. The van der Waals surface area contributed by atoms with E-state index >= 15 is 0 Å². The Bertz CT molecular complexity index is 765. The van der Waals surface area contributed by atoms with Crippen LogP contribution in [0.1, 0.15) is 53.9 Å². The van der Waals surface area contributed by atoms with Crippen LogP contribution in [0, 0.1) is 5.92 Å². The Morgan fingerprint density at radius 2 is 2.06 bits per heavy atom. The second-order valence-electron chi connectivity index (χ2n) is 9.89. The first-order valence-corrected chi connectivity index (χ1v) is 12.4. The monoisotopic (exact) mass is 481 g/mol. The number of rotatable bonds is 9. The molecular weight excluding hydrogens is 442 g/mol. The lowest BCUT2D eigenvalue weighted by atomic mass is 9.97. The smallest absolute Gasteiger partial charge is 0.416 e. The highest BCUT2D eigenvalue weighted by molar-refractivity contribution is 7.13. The molecule has 2 amide bonds. The molecule has 2 heterocycles. The highest BCUT2D eigenvalue weighted by Gasteiger charge is 2.36. The van der Waals surface area contributed by atoms with Crippen molar-refractivity contribution in [2.45, 2.75) is 71.6 Å². The van der Waals surface area contributed by atoms with Gasteiger partial charge in [-0.1, -0.05) is 37.8 Å². The number of anilines is 1. The molecule has 33 heavy (non-hydrogen) atoms. The van der Waals surface area contributed by atoms with Gasteiger partial charge in [0, 0.05) is 31.7 Å². The zero-order valence-corrected chi connectivity index (χ0v) is 21.6. The van der Waals surface area contributed by atoms with Crippen molar-refractivity contribution in [3.8, 4) is 0 Å². The Hall–Kier alpha value is -2.20. The van der Waals surface area contributed by atoms with E-state index < -0.39 is 11.7 Å². The number of hydrogen-bond donors (Lipinski definition) is 0. The normalized spacial score (nSPS) is 19.4. The second-order valence-corrected chi connectivity index (χ2v) is 10.7. The summed E-state index contributed by atoms with van der Waals surface area (Å²) in [5.74, 6) is 0.536. The molecule has 0 aromatic carbocycles. The van der Waals surface area contributed by atoms with Crippen molar-refractivity contribution >= 4 is 28.7 Å². The summed E-state index contributed by atoms with van der Waals surface area (Å²) in [6.45, 7) is 15.5. The lowest BCUT2D eigenvalue weighted by molar-refractivity contribution is 0.0233. The fraction of sp³-hybridized carbons (Fsp3) is 0.739. The van der Waals surface area contributed by atoms with Gasteiger partial charge in [0.1, 0.15) is 17.7 Å². The van der Waals surface area contributed by atoms with E-state index in [-0.39, 0.29) is 24.8 Å². The number of likely N-dealkylation sites (N-methyl/N-ethyl adjacent to an activating group) is 1. The van der Waals surface area contributed by atoms with E-state index in [1.165, 1.54) is 16.2 Å². The summed E-state index contributed by atoms with van der Waals surface area (Å²) in [7, 11) is 2.11. The van der Waals surface area contributed by atoms with Crippen molar-refractivity contribution in [1.82, 2.24) is 20.0 Å². The van der Waals surface area contributed by atoms with Gasteiger partial charge in [-0.15, -0.1) is 10.2 Å². The number of ether oxygens (including phenoxy) is 2. The lowest BCUT2D eigenvalue weighted by Gasteiger charge is -2.45. The first-order valence-electron chi connectivity index (χ1n) is 11.5. The lowest BCUT2D eigenvalue weighted by Crippen LogP contribution is -2.59. The maximum Gasteiger partial charge on any atom is 0.416 e. The zero-order chi connectivity index (χ0) is 24.6. The van der Waals surface area contributed by atoms with E-state index in [0.29, 0.717) is 30.6 Å². The van der Waals surface area contributed by atoms with E-state index in [1.54, 1.807) is 11.6 Å². The minimum atomic E-state index is -0.608. The fourth-order valence-corrected chi connectivity index (χ4v) is 4.51. The molecule has 2 atom stereocenters. The Morgan fingerprint density at radius 3 is 2.64 bits per heavy atom. The number of carbonyl (C=O) groups is 2. The molecule has 186 valence electrons. The van der Waals surface area contributed by atoms with Gasteiger partial charge in [0.25, 0.3) is 0 Å². The van der Waals surface area contributed by atoms with Crippen molar-refractivity contribution in [2.75, 3.05) is 38.2 Å². The molecule has 1 aromatic rings. The van der Waals surface area contributed by atoms with Crippen LogP contribution < -0.4 is 4.90 Å². The molecule has 1 saturated heterocycles. The topological polar surface area (TPSA) is 88.1 Å². The molecule has 0 spiro atoms. The predicted octanol–water partition coefficient (Wildman–Crippen LogP) is 4.41. The van der Waals surface area contributed by atoms with Gasteiger partial charge < -0.3 is 14.4 Å². The van der Waals surface area contributed by atoms with Crippen LogP contribution in [-0.2, 0) is 9.47 Å². The van der Waals surface area contributed by atoms with Crippen LogP contribution in [0.2, 0.25) is 0 Å². The standard InChI is InChI=1S/C23H39N5O4S/c1-8-12-31-21(29)28-15-19(13-17(2)3)26(7)14-18(28)10-9-11-27(20-25-24-16-33-20)22(30)32-23(4,5)6/h8,16-19H,1,9-15H2,2-7H3/t18-,19+/m0/s1. The van der Waals surface area contributed by atoms with Crippen LogP contribution in [0.15, 0.2) is 18.2 Å². The molecule has 2 rings (SSSR count). The first-order chi connectivity index (χ1) is 15.5. The fourth-order valence-electron chi connectivity index (χ4n) is 3.93. The van der Waals surface area contributed by atoms with Crippen molar-refractivity contribution < 1.29 is 19.1 Å². The molecule has 1 aliphatic rings. The number of amides is 2. The summed E-state index contributed by atoms with van der Waals surface area (Å²) in [6.07, 6.45) is 3.24. The molecule has 0 unspecified atom stereocenters. The first kappa shape index (κ1) is 27.0. The van der Waals surface area contributed by atoms with Crippen molar-refractivity contribution in [3.63, 3.8) is 0 Å². The van der Waals surface area contributed by atoms with Crippen LogP contribution in [0.3, 0.4) is 0 Å². The van der Waals surface area contributed by atoms with Gasteiger partial charge in [0.15, 0.2) is 0 Å². The van der Waals surface area contributed by atoms with Crippen molar-refractivity contribution in [1.29, 1.82) is 0 Å². The molecule has 0 N–H and O–H groups in total. The summed E-state index contributed by atoms with van der Waals surface area (Å²) in [4.78, 5) is 31.3. The Kier molecular flexibility index (Phi) is 10.1. The van der Waals surface area contributed by atoms with E-state index in [9.17, 15) is 9.59 Å². The van der Waals surface area contributed by atoms with E-state index in [1.807, 2.05) is 25.7 Å². The van der Waals surface area contributed by atoms with Gasteiger partial charge in [-0.25, -0.2) is 9.59 Å². The Morgan fingerprint density at radius 1 is 1.33 bits per heavy atom. The third-order valence-corrected chi connectivity index (χ3v) is 6.10. The molecule has 0 saturated carbocycles. The van der Waals surface area contributed by atoms with Crippen molar-refractivity contribution in [2.24, 2.45) is 5.92 Å². The number of nitrogens with zero attached hydrogens (tertiary/aromatic N) is 5. The van der Waals surface area contributed by atoms with Gasteiger partial charge in [-0.05, 0) is 53.0 Å². The SMILES string of the molecule is C=CCOC(=O)N1C[C@@H](CC(C)C)N(C)C[C@@H]1CCCN(C(=O)OC(C)(C)C)c1nncs1. The van der Waals surface area contributed by atoms with Crippen LogP contribution >= 0.6 is 11.3 Å². The number of piperazine rings is 1. The van der Waals surface area contributed by atoms with Gasteiger partial charge in [-0.2, -0.15) is 0 Å². The minimum Gasteiger partial charge on any atom is -0.445 e. The van der Waals surface area contributed by atoms with Crippen LogP contribution in [0.5, 0.6) is 0 Å². The number of aromatic nitrogens is 2. The predicted molar refractivity (Wildman–Crippen MR) is 131 cm³/mol. The largest absolute Gasteiger partial charge is 0.445 e. The summed E-state index contributed by atoms with van der Waals surface area (Å²) in [5, 5.41) is 8.42. The van der Waals surface area contributed by atoms with Crippen LogP contribution in [-0.4, -0.2) is 83.2 Å². The molecule has 0 aliphatic carbocycles. The quantitative estimate of drug-likeness (QED) is 0.483. The Labute approximate surface area is 201 Å². The average molecular weight is 482 g/mol. The van der Waals surface area contributed by atoms with E-state index in [2.05, 4.69) is 42.6 Å². The maximum absolute atomic E-state index is 12.8. The van der Waals surface area contributed by atoms with Gasteiger partial charge in [0.05, 0.1) is 0 Å². The maximum atomic E-state index is 12.8. The molecule has 1 fully saturated rings. The molecule has 9 nitrogen and oxygen atoms in total. The van der Waals surface area contributed by atoms with E-state index in [0.717, 1.165) is 19.4 Å². The number of hydrogen-bond acceptors (Lipinski definition) is 8. The zero-order valence-electron chi connectivity index (χ0n) is 20.8. The number of carbonyl (C=O) groups excluding carboxylic acids is 2. The van der Waals surface area contributed by atoms with Gasteiger partial charge in [-0.3, -0.25) is 9.80 Å². The second kappa shape index (κ2) is 12.3. The molecule has 10 heteroatoms. The molecule has 1 aromatic heterocycles. The molecule has 1 aliphatic heterocycles. The minimum absolute atomic E-state index is 0.00867. The average Bonchev–Trinajstić information content (AvgIpc) is 3.23. The van der Waals surface area contributed by atoms with Gasteiger partial charge >= 0.3 is 12.2 Å². The Balaban J connectivity index is 2.07. The summed E-state index contributed by atoms with van der Waals surface area (Å²) >= 11 is 1.29.